The van der Waals surface area contributed by atoms with Crippen LogP contribution in [0.2, 0.25) is 0 Å². The standard InChI is InChI=1S/C25H26F2N2O5S/c1-35-11-10-20(22(30)28-12-19-21(23(31)32)25(19,26)27)29-24(33)34-13-18-16-8-4-2-6-14(16)15-7-3-5-9-17(15)18/h2-9,18-21H,10-13H2,1H3,(H,28,30)(H,29,33)(H,31,32)/t19?,20-,21?/m0/s1. The molecule has 2 unspecified atom stereocenters. The van der Waals surface area contributed by atoms with Crippen LogP contribution in [0.25, 0.3) is 11.1 Å². The van der Waals surface area contributed by atoms with E-state index in [4.69, 9.17) is 9.84 Å². The molecule has 186 valence electrons. The summed E-state index contributed by atoms with van der Waals surface area (Å²) in [5, 5.41) is 13.8. The van der Waals surface area contributed by atoms with Crippen LogP contribution in [0.15, 0.2) is 48.5 Å². The zero-order chi connectivity index (χ0) is 25.2. The van der Waals surface area contributed by atoms with Crippen LogP contribution in [0.5, 0.6) is 0 Å². The Kier molecular flexibility index (Phi) is 7.30. The number of amides is 2. The van der Waals surface area contributed by atoms with E-state index in [9.17, 15) is 23.2 Å². The van der Waals surface area contributed by atoms with Gasteiger partial charge in [-0.05, 0) is 40.7 Å². The number of thioether (sulfide) groups is 1. The fourth-order valence-electron chi connectivity index (χ4n) is 4.60. The van der Waals surface area contributed by atoms with Crippen molar-refractivity contribution in [3.05, 3.63) is 59.7 Å². The van der Waals surface area contributed by atoms with Crippen molar-refractivity contribution < 1.29 is 33.0 Å². The number of carbonyl (C=O) groups is 3. The van der Waals surface area contributed by atoms with E-state index >= 15 is 0 Å². The lowest BCUT2D eigenvalue weighted by Gasteiger charge is -2.19. The monoisotopic (exact) mass is 504 g/mol. The minimum atomic E-state index is -3.35. The van der Waals surface area contributed by atoms with E-state index < -0.39 is 48.3 Å². The van der Waals surface area contributed by atoms with E-state index in [0.717, 1.165) is 22.3 Å². The van der Waals surface area contributed by atoms with Gasteiger partial charge < -0.3 is 20.5 Å². The third kappa shape index (κ3) is 5.12. The topological polar surface area (TPSA) is 105 Å². The number of benzene rings is 2. The summed E-state index contributed by atoms with van der Waals surface area (Å²) in [7, 11) is 0. The number of fused-ring (bicyclic) bond motifs is 3. The summed E-state index contributed by atoms with van der Waals surface area (Å²) in [5.41, 5.74) is 4.28. The molecule has 0 spiro atoms. The predicted octanol–water partition coefficient (Wildman–Crippen LogP) is 3.73. The summed E-state index contributed by atoms with van der Waals surface area (Å²) >= 11 is 1.46. The average molecular weight is 505 g/mol. The number of alkyl carbamates (subject to hydrolysis) is 1. The highest BCUT2D eigenvalue weighted by molar-refractivity contribution is 7.98. The lowest BCUT2D eigenvalue weighted by molar-refractivity contribution is -0.141. The van der Waals surface area contributed by atoms with Gasteiger partial charge >= 0.3 is 12.1 Å². The van der Waals surface area contributed by atoms with Gasteiger partial charge in [0.1, 0.15) is 18.6 Å². The molecule has 0 saturated heterocycles. The second kappa shape index (κ2) is 10.2. The smallest absolute Gasteiger partial charge is 0.407 e. The molecule has 3 N–H and O–H groups in total. The van der Waals surface area contributed by atoms with E-state index in [2.05, 4.69) is 10.6 Å². The van der Waals surface area contributed by atoms with Crippen molar-refractivity contribution >= 4 is 29.7 Å². The summed E-state index contributed by atoms with van der Waals surface area (Å²) in [6.07, 6.45) is 1.32. The van der Waals surface area contributed by atoms with E-state index in [1.807, 2.05) is 54.8 Å². The number of hydrogen-bond acceptors (Lipinski definition) is 5. The third-order valence-electron chi connectivity index (χ3n) is 6.53. The molecule has 35 heavy (non-hydrogen) atoms. The van der Waals surface area contributed by atoms with Gasteiger partial charge in [0.05, 0.1) is 5.92 Å². The SMILES string of the molecule is CSCC[C@H](NC(=O)OCC1c2ccccc2-c2ccccc21)C(=O)NCC1C(C(=O)O)C1(F)F. The summed E-state index contributed by atoms with van der Waals surface area (Å²) in [6.45, 7) is -0.406. The number of nitrogens with one attached hydrogen (secondary N) is 2. The number of hydrogen-bond donors (Lipinski definition) is 3. The van der Waals surface area contributed by atoms with Crippen molar-refractivity contribution in [3.63, 3.8) is 0 Å². The summed E-state index contributed by atoms with van der Waals surface area (Å²) in [4.78, 5) is 36.1. The molecule has 2 aromatic carbocycles. The van der Waals surface area contributed by atoms with Gasteiger partial charge in [-0.25, -0.2) is 13.6 Å². The van der Waals surface area contributed by atoms with E-state index in [1.165, 1.54) is 11.8 Å². The molecule has 2 aromatic rings. The molecule has 1 saturated carbocycles. The first-order valence-electron chi connectivity index (χ1n) is 11.2. The number of carbonyl (C=O) groups excluding carboxylic acids is 2. The van der Waals surface area contributed by atoms with Crippen LogP contribution in [0.3, 0.4) is 0 Å². The molecule has 0 aliphatic heterocycles. The molecule has 0 radical (unpaired) electrons. The molecule has 0 heterocycles. The molecule has 2 aliphatic carbocycles. The largest absolute Gasteiger partial charge is 0.481 e. The van der Waals surface area contributed by atoms with Gasteiger partial charge in [-0.1, -0.05) is 48.5 Å². The highest BCUT2D eigenvalue weighted by atomic mass is 32.2. The van der Waals surface area contributed by atoms with Gasteiger partial charge in [0.2, 0.25) is 5.91 Å². The van der Waals surface area contributed by atoms with Crippen LogP contribution in [0.1, 0.15) is 23.5 Å². The summed E-state index contributed by atoms with van der Waals surface area (Å²) < 4.78 is 32.7. The van der Waals surface area contributed by atoms with Gasteiger partial charge in [-0.2, -0.15) is 11.8 Å². The minimum Gasteiger partial charge on any atom is -0.481 e. The Hall–Kier alpha value is -3.14. The zero-order valence-corrected chi connectivity index (χ0v) is 19.8. The maximum absolute atomic E-state index is 13.6. The first-order valence-corrected chi connectivity index (χ1v) is 12.6. The van der Waals surface area contributed by atoms with Crippen molar-refractivity contribution in [2.24, 2.45) is 11.8 Å². The number of carboxylic acid groups (broad SMARTS) is 1. The van der Waals surface area contributed by atoms with Crippen molar-refractivity contribution in [1.82, 2.24) is 10.6 Å². The van der Waals surface area contributed by atoms with Gasteiger partial charge in [0, 0.05) is 12.5 Å². The van der Waals surface area contributed by atoms with Gasteiger partial charge in [0.25, 0.3) is 5.92 Å². The first-order chi connectivity index (χ1) is 16.8. The van der Waals surface area contributed by atoms with Crippen molar-refractivity contribution in [2.75, 3.05) is 25.2 Å². The Morgan fingerprint density at radius 1 is 1.09 bits per heavy atom. The van der Waals surface area contributed by atoms with E-state index in [0.29, 0.717) is 5.75 Å². The molecule has 1 fully saturated rings. The molecule has 10 heteroatoms. The third-order valence-corrected chi connectivity index (χ3v) is 7.17. The Balaban J connectivity index is 1.35. The number of ether oxygens (including phenoxy) is 1. The Morgan fingerprint density at radius 2 is 1.69 bits per heavy atom. The Labute approximate surface area is 205 Å². The summed E-state index contributed by atoms with van der Waals surface area (Å²) in [5.74, 6) is -8.46. The van der Waals surface area contributed by atoms with E-state index in [-0.39, 0.29) is 18.9 Å². The number of carboxylic acids is 1. The molecule has 7 nitrogen and oxygen atoms in total. The number of halogens is 2. The zero-order valence-electron chi connectivity index (χ0n) is 19.0. The van der Waals surface area contributed by atoms with Gasteiger partial charge in [-0.15, -0.1) is 0 Å². The summed E-state index contributed by atoms with van der Waals surface area (Å²) in [6, 6.07) is 14.8. The predicted molar refractivity (Wildman–Crippen MR) is 128 cm³/mol. The molecule has 0 aromatic heterocycles. The van der Waals surface area contributed by atoms with Crippen LogP contribution in [-0.2, 0) is 14.3 Å². The number of alkyl halides is 2. The van der Waals surface area contributed by atoms with Gasteiger partial charge in [0.15, 0.2) is 0 Å². The quantitative estimate of drug-likeness (QED) is 0.456. The van der Waals surface area contributed by atoms with Crippen LogP contribution >= 0.6 is 11.8 Å². The molecular formula is C25H26F2N2O5S. The van der Waals surface area contributed by atoms with Crippen LogP contribution < -0.4 is 10.6 Å². The lowest BCUT2D eigenvalue weighted by atomic mass is 9.98. The Morgan fingerprint density at radius 3 is 2.23 bits per heavy atom. The van der Waals surface area contributed by atoms with Crippen molar-refractivity contribution in [3.8, 4) is 11.1 Å². The lowest BCUT2D eigenvalue weighted by Crippen LogP contribution is -2.48. The van der Waals surface area contributed by atoms with Crippen molar-refractivity contribution in [2.45, 2.75) is 24.3 Å². The average Bonchev–Trinajstić information content (AvgIpc) is 3.25. The first kappa shape index (κ1) is 25.0. The van der Waals surface area contributed by atoms with Crippen LogP contribution in [0.4, 0.5) is 13.6 Å². The molecule has 2 amide bonds. The number of aliphatic carboxylic acids is 1. The molecule has 4 rings (SSSR count). The highest BCUT2D eigenvalue weighted by Gasteiger charge is 2.72. The Bertz CT molecular complexity index is 1080. The fraction of sp³-hybridized carbons (Fsp3) is 0.400. The van der Waals surface area contributed by atoms with Crippen LogP contribution in [0, 0.1) is 11.8 Å². The van der Waals surface area contributed by atoms with Crippen LogP contribution in [-0.4, -0.2) is 60.2 Å². The highest BCUT2D eigenvalue weighted by Crippen LogP contribution is 2.54. The maximum Gasteiger partial charge on any atom is 0.407 e. The fourth-order valence-corrected chi connectivity index (χ4v) is 5.07. The van der Waals surface area contributed by atoms with E-state index in [1.54, 1.807) is 0 Å². The second-order valence-corrected chi connectivity index (χ2v) is 9.63. The number of rotatable bonds is 10. The molecule has 2 aliphatic rings. The molecular weight excluding hydrogens is 478 g/mol. The molecule has 3 atom stereocenters. The van der Waals surface area contributed by atoms with Gasteiger partial charge in [-0.3, -0.25) is 9.59 Å². The maximum atomic E-state index is 13.6. The molecule has 0 bridgehead atoms. The van der Waals surface area contributed by atoms with Crippen molar-refractivity contribution in [1.29, 1.82) is 0 Å². The normalized spacial score (nSPS) is 20.3. The minimum absolute atomic E-state index is 0.0747. The second-order valence-electron chi connectivity index (χ2n) is 8.65.